The first-order valence-electron chi connectivity index (χ1n) is 11.1. The lowest BCUT2D eigenvalue weighted by molar-refractivity contribution is -0.135. The average molecular weight is 387 g/mol. The first-order chi connectivity index (χ1) is 13.3. The zero-order valence-corrected chi connectivity index (χ0v) is 18.2. The molecular weight excluding hydrogens is 348 g/mol. The van der Waals surface area contributed by atoms with E-state index in [0.29, 0.717) is 31.2 Å². The minimum atomic E-state index is -0.759. The van der Waals surface area contributed by atoms with Crippen LogP contribution < -0.4 is 0 Å². The number of carbonyl (C=O) groups is 1. The number of likely N-dealkylation sites (tertiary alicyclic amines) is 2. The molecule has 28 heavy (non-hydrogen) atoms. The maximum atomic E-state index is 12.7. The Labute approximate surface area is 170 Å². The van der Waals surface area contributed by atoms with Crippen LogP contribution in [0.4, 0.5) is 0 Å². The van der Waals surface area contributed by atoms with E-state index in [1.807, 2.05) is 4.90 Å². The second-order valence-corrected chi connectivity index (χ2v) is 9.55. The van der Waals surface area contributed by atoms with Gasteiger partial charge in [-0.2, -0.15) is 0 Å². The van der Waals surface area contributed by atoms with Gasteiger partial charge in [-0.3, -0.25) is 9.69 Å². The van der Waals surface area contributed by atoms with Crippen LogP contribution in [0.2, 0.25) is 0 Å². The third-order valence-electron chi connectivity index (χ3n) is 6.99. The summed E-state index contributed by atoms with van der Waals surface area (Å²) in [5.41, 5.74) is 1.56. The minimum Gasteiger partial charge on any atom is -0.385 e. The zero-order chi connectivity index (χ0) is 20.3. The monoisotopic (exact) mass is 386 g/mol. The van der Waals surface area contributed by atoms with Crippen LogP contribution in [0.15, 0.2) is 24.3 Å². The van der Waals surface area contributed by atoms with Gasteiger partial charge in [0.1, 0.15) is 0 Å². The standard InChI is InChI=1S/C24H38N2O2/c1-18(2)20-5-7-22(8-6-20)24(28)11-15-25(16-12-24)17-23(27)26-13-9-21(10-14-26)19(3)4/h5-8,18-19,21,28H,9-17H2,1-4H3. The van der Waals surface area contributed by atoms with Crippen LogP contribution in [0.3, 0.4) is 0 Å². The Morgan fingerprint density at radius 1 is 1.04 bits per heavy atom. The van der Waals surface area contributed by atoms with E-state index < -0.39 is 5.60 Å². The van der Waals surface area contributed by atoms with Gasteiger partial charge in [0.25, 0.3) is 0 Å². The molecule has 2 saturated heterocycles. The van der Waals surface area contributed by atoms with Gasteiger partial charge < -0.3 is 10.0 Å². The maximum absolute atomic E-state index is 12.7. The van der Waals surface area contributed by atoms with E-state index in [1.54, 1.807) is 0 Å². The van der Waals surface area contributed by atoms with E-state index in [4.69, 9.17) is 0 Å². The molecule has 2 heterocycles. The van der Waals surface area contributed by atoms with Gasteiger partial charge in [-0.25, -0.2) is 0 Å². The lowest BCUT2D eigenvalue weighted by Crippen LogP contribution is -2.48. The predicted molar refractivity (Wildman–Crippen MR) is 114 cm³/mol. The molecule has 2 fully saturated rings. The summed E-state index contributed by atoms with van der Waals surface area (Å²) in [5.74, 6) is 2.24. The lowest BCUT2D eigenvalue weighted by Gasteiger charge is -2.40. The van der Waals surface area contributed by atoms with Crippen molar-refractivity contribution in [2.75, 3.05) is 32.7 Å². The molecule has 0 aromatic heterocycles. The van der Waals surface area contributed by atoms with E-state index in [2.05, 4.69) is 56.9 Å². The summed E-state index contributed by atoms with van der Waals surface area (Å²) in [6.45, 7) is 12.8. The highest BCUT2D eigenvalue weighted by molar-refractivity contribution is 5.78. The topological polar surface area (TPSA) is 43.8 Å². The van der Waals surface area contributed by atoms with Gasteiger partial charge in [-0.05, 0) is 54.6 Å². The molecule has 1 amide bonds. The first-order valence-corrected chi connectivity index (χ1v) is 11.1. The summed E-state index contributed by atoms with van der Waals surface area (Å²) < 4.78 is 0. The molecule has 0 aliphatic carbocycles. The van der Waals surface area contributed by atoms with Gasteiger partial charge in [-0.15, -0.1) is 0 Å². The fourth-order valence-corrected chi connectivity index (χ4v) is 4.65. The second-order valence-electron chi connectivity index (χ2n) is 9.55. The number of benzene rings is 1. The van der Waals surface area contributed by atoms with Crippen molar-refractivity contribution in [3.05, 3.63) is 35.4 Å². The van der Waals surface area contributed by atoms with Crippen LogP contribution >= 0.6 is 0 Å². The van der Waals surface area contributed by atoms with Crippen molar-refractivity contribution in [2.45, 2.75) is 64.9 Å². The SMILES string of the molecule is CC(C)c1ccc(C2(O)CCN(CC(=O)N3CCC(C(C)C)CC3)CC2)cc1. The number of rotatable bonds is 5. The summed E-state index contributed by atoms with van der Waals surface area (Å²) in [7, 11) is 0. The van der Waals surface area contributed by atoms with Crippen LogP contribution in [0.1, 0.15) is 70.4 Å². The fraction of sp³-hybridized carbons (Fsp3) is 0.708. The highest BCUT2D eigenvalue weighted by Crippen LogP contribution is 2.33. The van der Waals surface area contributed by atoms with E-state index >= 15 is 0 Å². The second kappa shape index (κ2) is 8.96. The van der Waals surface area contributed by atoms with Crippen LogP contribution in [0.25, 0.3) is 0 Å². The number of amides is 1. The van der Waals surface area contributed by atoms with Gasteiger partial charge in [0, 0.05) is 26.2 Å². The summed E-state index contributed by atoms with van der Waals surface area (Å²) in [4.78, 5) is 17.0. The molecule has 2 aliphatic heterocycles. The van der Waals surface area contributed by atoms with E-state index in [-0.39, 0.29) is 5.91 Å². The highest BCUT2D eigenvalue weighted by Gasteiger charge is 2.35. The Kier molecular flexibility index (Phi) is 6.82. The van der Waals surface area contributed by atoms with Gasteiger partial charge in [0.2, 0.25) is 5.91 Å². The molecule has 2 aliphatic rings. The molecule has 1 N–H and O–H groups in total. The summed E-state index contributed by atoms with van der Waals surface area (Å²) >= 11 is 0. The molecule has 1 aromatic carbocycles. The molecule has 156 valence electrons. The van der Waals surface area contributed by atoms with Gasteiger partial charge in [-0.1, -0.05) is 52.0 Å². The molecule has 3 rings (SSSR count). The van der Waals surface area contributed by atoms with Gasteiger partial charge >= 0.3 is 0 Å². The quantitative estimate of drug-likeness (QED) is 0.832. The molecule has 4 heteroatoms. The number of hydrogen-bond acceptors (Lipinski definition) is 3. The number of nitrogens with zero attached hydrogens (tertiary/aromatic N) is 2. The minimum absolute atomic E-state index is 0.258. The van der Waals surface area contributed by atoms with Gasteiger partial charge in [0.05, 0.1) is 12.1 Å². The van der Waals surface area contributed by atoms with E-state index in [9.17, 15) is 9.90 Å². The van der Waals surface area contributed by atoms with Crippen LogP contribution in [-0.2, 0) is 10.4 Å². The Balaban J connectivity index is 1.49. The number of hydrogen-bond donors (Lipinski definition) is 1. The molecule has 0 spiro atoms. The summed E-state index contributed by atoms with van der Waals surface area (Å²) in [6, 6.07) is 8.42. The zero-order valence-electron chi connectivity index (χ0n) is 18.2. The molecule has 0 atom stereocenters. The molecule has 0 saturated carbocycles. The predicted octanol–water partition coefficient (Wildman–Crippen LogP) is 3.99. The number of aliphatic hydroxyl groups is 1. The van der Waals surface area contributed by atoms with Crippen molar-refractivity contribution < 1.29 is 9.90 Å². The smallest absolute Gasteiger partial charge is 0.236 e. The third-order valence-corrected chi connectivity index (χ3v) is 6.99. The van der Waals surface area contributed by atoms with Crippen molar-refractivity contribution in [2.24, 2.45) is 11.8 Å². The summed E-state index contributed by atoms with van der Waals surface area (Å²) in [6.07, 6.45) is 3.65. The van der Waals surface area contributed by atoms with Crippen LogP contribution in [-0.4, -0.2) is 53.5 Å². The third kappa shape index (κ3) is 4.96. The van der Waals surface area contributed by atoms with Crippen LogP contribution in [0.5, 0.6) is 0 Å². The van der Waals surface area contributed by atoms with Crippen molar-refractivity contribution in [3.8, 4) is 0 Å². The molecule has 0 unspecified atom stereocenters. The maximum Gasteiger partial charge on any atom is 0.236 e. The Hall–Kier alpha value is -1.39. The Morgan fingerprint density at radius 3 is 2.11 bits per heavy atom. The van der Waals surface area contributed by atoms with Crippen molar-refractivity contribution >= 4 is 5.91 Å². The lowest BCUT2D eigenvalue weighted by atomic mass is 9.83. The number of piperidine rings is 2. The summed E-state index contributed by atoms with van der Waals surface area (Å²) in [5, 5.41) is 11.1. The van der Waals surface area contributed by atoms with Crippen molar-refractivity contribution in [1.82, 2.24) is 9.80 Å². The Bertz CT molecular complexity index is 637. The molecule has 0 radical (unpaired) electrons. The van der Waals surface area contributed by atoms with E-state index in [0.717, 1.165) is 50.5 Å². The van der Waals surface area contributed by atoms with Crippen LogP contribution in [0, 0.1) is 11.8 Å². The molecule has 4 nitrogen and oxygen atoms in total. The molecule has 1 aromatic rings. The van der Waals surface area contributed by atoms with Crippen molar-refractivity contribution in [1.29, 1.82) is 0 Å². The normalized spacial score (nSPS) is 21.5. The first kappa shape index (κ1) is 21.3. The van der Waals surface area contributed by atoms with Crippen molar-refractivity contribution in [3.63, 3.8) is 0 Å². The molecule has 0 bridgehead atoms. The van der Waals surface area contributed by atoms with E-state index in [1.165, 1.54) is 5.56 Å². The molecular formula is C24H38N2O2. The largest absolute Gasteiger partial charge is 0.385 e. The van der Waals surface area contributed by atoms with Gasteiger partial charge in [0.15, 0.2) is 0 Å². The highest BCUT2D eigenvalue weighted by atomic mass is 16.3. The average Bonchev–Trinajstić information content (AvgIpc) is 2.70. The Morgan fingerprint density at radius 2 is 1.61 bits per heavy atom. The number of carbonyl (C=O) groups excluding carboxylic acids is 1. The fourth-order valence-electron chi connectivity index (χ4n) is 4.65.